The summed E-state index contributed by atoms with van der Waals surface area (Å²) in [7, 11) is -3.64. The molecular weight excluding hydrogens is 539 g/mol. The summed E-state index contributed by atoms with van der Waals surface area (Å²) in [6.07, 6.45) is 5.37. The summed E-state index contributed by atoms with van der Waals surface area (Å²) >= 11 is 1.46. The lowest BCUT2D eigenvalue weighted by Gasteiger charge is -2.29. The van der Waals surface area contributed by atoms with Crippen LogP contribution in [0, 0.1) is 17.2 Å². The Balaban J connectivity index is 1.45. The minimum atomic E-state index is -3.64. The molecule has 3 heterocycles. The van der Waals surface area contributed by atoms with Crippen molar-refractivity contribution in [3.05, 3.63) is 95.6 Å². The van der Waals surface area contributed by atoms with Gasteiger partial charge in [0.15, 0.2) is 0 Å². The van der Waals surface area contributed by atoms with Crippen molar-refractivity contribution in [2.75, 3.05) is 13.1 Å². The zero-order valence-electron chi connectivity index (χ0n) is 21.9. The molecule has 2 aromatic heterocycles. The van der Waals surface area contributed by atoms with Crippen LogP contribution in [-0.2, 0) is 10.0 Å². The van der Waals surface area contributed by atoms with Gasteiger partial charge in [0.1, 0.15) is 16.8 Å². The second-order valence-corrected chi connectivity index (χ2v) is 13.0. The Bertz CT molecular complexity index is 1830. The van der Waals surface area contributed by atoms with Gasteiger partial charge in [0.25, 0.3) is 0 Å². The molecule has 1 aliphatic heterocycles. The third-order valence-corrected chi connectivity index (χ3v) is 10.2. The fraction of sp³-hybridized carbons (Fsp3) is 0.194. The number of para-hydroxylation sites is 2. The van der Waals surface area contributed by atoms with Crippen LogP contribution in [0.4, 0.5) is 0 Å². The topological polar surface area (TPSA) is 91.9 Å². The number of aromatic nitrogens is 3. The molecule has 6 rings (SSSR count). The normalized spacial score (nSPS) is 15.3. The molecule has 0 N–H and O–H groups in total. The van der Waals surface area contributed by atoms with Crippen molar-refractivity contribution < 1.29 is 8.42 Å². The summed E-state index contributed by atoms with van der Waals surface area (Å²) in [4.78, 5) is 4.91. The summed E-state index contributed by atoms with van der Waals surface area (Å²) in [5, 5.41) is 15.6. The number of thiazole rings is 1. The Kier molecular flexibility index (Phi) is 7.07. The first-order valence-corrected chi connectivity index (χ1v) is 15.4. The number of benzene rings is 3. The number of nitrogens with zero attached hydrogens (tertiary/aromatic N) is 5. The van der Waals surface area contributed by atoms with E-state index in [9.17, 15) is 13.7 Å². The Morgan fingerprint density at radius 3 is 2.52 bits per heavy atom. The molecule has 0 atom stereocenters. The van der Waals surface area contributed by atoms with Crippen LogP contribution in [0.2, 0.25) is 0 Å². The average Bonchev–Trinajstić information content (AvgIpc) is 3.61. The number of hydrogen-bond acceptors (Lipinski definition) is 6. The number of rotatable bonds is 6. The number of nitriles is 1. The highest BCUT2D eigenvalue weighted by Crippen LogP contribution is 2.33. The van der Waals surface area contributed by atoms with Gasteiger partial charge >= 0.3 is 0 Å². The Labute approximate surface area is 237 Å². The summed E-state index contributed by atoms with van der Waals surface area (Å²) < 4.78 is 31.4. The molecule has 1 fully saturated rings. The zero-order chi connectivity index (χ0) is 27.7. The van der Waals surface area contributed by atoms with Crippen molar-refractivity contribution in [2.45, 2.75) is 24.7 Å². The van der Waals surface area contributed by atoms with Gasteiger partial charge in [0.05, 0.1) is 26.4 Å². The number of hydrogen-bond donors (Lipinski definition) is 0. The van der Waals surface area contributed by atoms with Crippen molar-refractivity contribution in [1.82, 2.24) is 19.1 Å². The fourth-order valence-electron chi connectivity index (χ4n) is 4.89. The van der Waals surface area contributed by atoms with E-state index in [0.717, 1.165) is 28.7 Å². The molecule has 9 heteroatoms. The number of piperidine rings is 1. The maximum Gasteiger partial charge on any atom is 0.243 e. The van der Waals surface area contributed by atoms with E-state index in [1.165, 1.54) is 11.3 Å². The van der Waals surface area contributed by atoms with E-state index in [0.29, 0.717) is 46.4 Å². The molecule has 0 bridgehead atoms. The monoisotopic (exact) mass is 565 g/mol. The first-order chi connectivity index (χ1) is 19.4. The van der Waals surface area contributed by atoms with Crippen LogP contribution in [0.15, 0.2) is 90.0 Å². The first-order valence-electron chi connectivity index (χ1n) is 13.2. The molecule has 40 heavy (non-hydrogen) atoms. The molecule has 7 nitrogen and oxygen atoms in total. The number of sulfonamides is 1. The molecule has 1 aliphatic rings. The van der Waals surface area contributed by atoms with E-state index >= 15 is 0 Å². The van der Waals surface area contributed by atoms with Crippen LogP contribution in [0.25, 0.3) is 38.8 Å². The predicted molar refractivity (Wildman–Crippen MR) is 159 cm³/mol. The molecule has 200 valence electrons. The van der Waals surface area contributed by atoms with E-state index < -0.39 is 10.0 Å². The van der Waals surface area contributed by atoms with E-state index in [2.05, 4.69) is 18.0 Å². The maximum absolute atomic E-state index is 13.5. The molecule has 0 saturated carbocycles. The van der Waals surface area contributed by atoms with Gasteiger partial charge in [-0.15, -0.1) is 11.3 Å². The molecule has 3 aromatic carbocycles. The van der Waals surface area contributed by atoms with Crippen LogP contribution < -0.4 is 0 Å². The van der Waals surface area contributed by atoms with Crippen molar-refractivity contribution in [3.63, 3.8) is 0 Å². The van der Waals surface area contributed by atoms with Crippen molar-refractivity contribution in [3.8, 4) is 23.0 Å². The molecule has 0 amide bonds. The lowest BCUT2D eigenvalue weighted by Crippen LogP contribution is -2.37. The quantitative estimate of drug-likeness (QED) is 0.215. The molecule has 5 aromatic rings. The fourth-order valence-corrected chi connectivity index (χ4v) is 7.34. The maximum atomic E-state index is 13.5. The van der Waals surface area contributed by atoms with Gasteiger partial charge in [-0.2, -0.15) is 14.7 Å². The Hall–Kier alpha value is -4.10. The lowest BCUT2D eigenvalue weighted by molar-refractivity contribution is 0.288. The van der Waals surface area contributed by atoms with Gasteiger partial charge in [0.2, 0.25) is 10.0 Å². The minimum absolute atomic E-state index is 0.246. The van der Waals surface area contributed by atoms with Crippen LogP contribution in [0.1, 0.15) is 30.3 Å². The van der Waals surface area contributed by atoms with Gasteiger partial charge in [-0.3, -0.25) is 0 Å². The van der Waals surface area contributed by atoms with E-state index in [-0.39, 0.29) is 4.90 Å². The van der Waals surface area contributed by atoms with Gasteiger partial charge in [-0.1, -0.05) is 49.4 Å². The van der Waals surface area contributed by atoms with E-state index in [1.807, 2.05) is 66.9 Å². The van der Waals surface area contributed by atoms with Crippen LogP contribution in [0.3, 0.4) is 0 Å². The zero-order valence-corrected chi connectivity index (χ0v) is 23.6. The summed E-state index contributed by atoms with van der Waals surface area (Å²) in [6.45, 7) is 3.21. The molecule has 0 aliphatic carbocycles. The second-order valence-electron chi connectivity index (χ2n) is 9.98. The largest absolute Gasteiger partial charge is 0.243 e. The SMILES string of the molecule is CC1CCN(S(=O)(=O)c2cccc(-c3nn(-c4ccccc4)cc3/C=C(/C#N)c3nc4ccccc4s3)c2)CC1. The number of allylic oxidation sites excluding steroid dienone is 1. The molecular formula is C31H27N5O2S2. The standard InChI is InChI=1S/C31H27N5O2S2/c1-22-14-16-35(17-15-22)40(37,38)27-11-7-8-23(19-27)30-25(21-36(34-30)26-9-3-2-4-10-26)18-24(20-32)31-33-28-12-5-6-13-29(28)39-31/h2-13,18-19,21-22H,14-17H2,1H3/b24-18-. The molecule has 0 spiro atoms. The van der Waals surface area contributed by atoms with Gasteiger partial charge < -0.3 is 0 Å². The highest BCUT2D eigenvalue weighted by Gasteiger charge is 2.28. The molecule has 0 unspecified atom stereocenters. The van der Waals surface area contributed by atoms with Gasteiger partial charge in [-0.25, -0.2) is 18.1 Å². The van der Waals surface area contributed by atoms with E-state index in [1.54, 1.807) is 33.3 Å². The van der Waals surface area contributed by atoms with Crippen LogP contribution in [0.5, 0.6) is 0 Å². The van der Waals surface area contributed by atoms with Gasteiger partial charge in [0, 0.05) is 30.4 Å². The van der Waals surface area contributed by atoms with E-state index in [4.69, 9.17) is 5.10 Å². The van der Waals surface area contributed by atoms with Gasteiger partial charge in [-0.05, 0) is 61.2 Å². The number of fused-ring (bicyclic) bond motifs is 1. The van der Waals surface area contributed by atoms with Crippen molar-refractivity contribution in [1.29, 1.82) is 5.26 Å². The minimum Gasteiger partial charge on any atom is -0.240 e. The van der Waals surface area contributed by atoms with Crippen LogP contribution in [-0.4, -0.2) is 40.6 Å². The smallest absolute Gasteiger partial charge is 0.240 e. The highest BCUT2D eigenvalue weighted by molar-refractivity contribution is 7.89. The predicted octanol–water partition coefficient (Wildman–Crippen LogP) is 6.63. The lowest BCUT2D eigenvalue weighted by atomic mass is 10.0. The van der Waals surface area contributed by atoms with Crippen LogP contribution >= 0.6 is 11.3 Å². The van der Waals surface area contributed by atoms with Crippen molar-refractivity contribution in [2.24, 2.45) is 5.92 Å². The summed E-state index contributed by atoms with van der Waals surface area (Å²) in [6, 6.07) is 26.7. The Morgan fingerprint density at radius 2 is 1.77 bits per heavy atom. The first kappa shape index (κ1) is 26.1. The second kappa shape index (κ2) is 10.8. The third-order valence-electron chi connectivity index (χ3n) is 7.20. The molecule has 1 saturated heterocycles. The highest BCUT2D eigenvalue weighted by atomic mass is 32.2. The molecule has 0 radical (unpaired) electrons. The summed E-state index contributed by atoms with van der Waals surface area (Å²) in [5.74, 6) is 0.527. The Morgan fingerprint density at radius 1 is 1.02 bits per heavy atom. The van der Waals surface area contributed by atoms with Crippen molar-refractivity contribution >= 4 is 43.2 Å². The third kappa shape index (κ3) is 5.09. The average molecular weight is 566 g/mol. The summed E-state index contributed by atoms with van der Waals surface area (Å²) in [5.41, 5.74) is 4.06.